The van der Waals surface area contributed by atoms with Gasteiger partial charge < -0.3 is 4.74 Å². The van der Waals surface area contributed by atoms with E-state index in [2.05, 4.69) is 46.7 Å². The minimum absolute atomic E-state index is 0. The highest BCUT2D eigenvalue weighted by Gasteiger charge is 2.38. The first-order valence-corrected chi connectivity index (χ1v) is 15.7. The molecule has 0 aliphatic heterocycles. The second-order valence-corrected chi connectivity index (χ2v) is 13.4. The third-order valence-corrected chi connectivity index (χ3v) is 10.5. The summed E-state index contributed by atoms with van der Waals surface area (Å²) in [7, 11) is 0. The van der Waals surface area contributed by atoms with Crippen LogP contribution in [-0.2, 0) is 44.8 Å². The molecule has 0 heterocycles. The Kier molecular flexibility index (Phi) is 13.2. The molecule has 4 rings (SSSR count). The van der Waals surface area contributed by atoms with Crippen molar-refractivity contribution in [1.29, 1.82) is 5.53 Å². The topological polar surface area (TPSA) is 96.7 Å². The Morgan fingerprint density at radius 2 is 1.17 bits per heavy atom. The van der Waals surface area contributed by atoms with Crippen LogP contribution >= 0.6 is 0 Å². The quantitative estimate of drug-likeness (QED) is 0.228. The SMILES string of the molecule is C.C.C.CC(=O)OC(C)(C)C1=C(C)C(=O)Cc2c(C)c(CCCc3c(C)c(C)c4c(c3C)CC(=O)C(C)=C4C(C)N=N)c(C)c(C)c21. The summed E-state index contributed by atoms with van der Waals surface area (Å²) in [6, 6.07) is -0.356. The number of nitrogens with zero attached hydrogens (tertiary/aromatic N) is 1. The summed E-state index contributed by atoms with van der Waals surface area (Å²) < 4.78 is 5.75. The Morgan fingerprint density at radius 3 is 1.62 bits per heavy atom. The molecule has 2 aromatic carbocycles. The molecular weight excluding hydrogens is 584 g/mol. The molecule has 2 aliphatic rings. The number of rotatable bonds is 8. The Morgan fingerprint density at radius 1 is 0.745 bits per heavy atom. The van der Waals surface area contributed by atoms with Gasteiger partial charge in [0.25, 0.3) is 0 Å². The number of nitrogens with one attached hydrogen (secondary N) is 1. The van der Waals surface area contributed by atoms with Crippen LogP contribution in [0.5, 0.6) is 0 Å². The molecule has 0 radical (unpaired) electrons. The maximum atomic E-state index is 13.3. The first-order chi connectivity index (χ1) is 20.5. The Hall–Kier alpha value is -3.67. The van der Waals surface area contributed by atoms with E-state index < -0.39 is 5.60 Å². The fourth-order valence-electron chi connectivity index (χ4n) is 7.92. The molecule has 6 heteroatoms. The maximum absolute atomic E-state index is 13.3. The number of carbonyl (C=O) groups excluding carboxylic acids is 3. The van der Waals surface area contributed by atoms with Gasteiger partial charge in [-0.05, 0) is 173 Å². The fraction of sp³-hybridized carbons (Fsp3) is 0.537. The van der Waals surface area contributed by atoms with Crippen molar-refractivity contribution in [2.75, 3.05) is 0 Å². The van der Waals surface area contributed by atoms with Crippen LogP contribution in [0.2, 0.25) is 0 Å². The van der Waals surface area contributed by atoms with Gasteiger partial charge in [0, 0.05) is 30.9 Å². The Bertz CT molecular complexity index is 1700. The second kappa shape index (κ2) is 15.0. The van der Waals surface area contributed by atoms with E-state index in [9.17, 15) is 14.4 Å². The van der Waals surface area contributed by atoms with Crippen LogP contribution in [0.25, 0.3) is 11.1 Å². The van der Waals surface area contributed by atoms with Gasteiger partial charge in [0.1, 0.15) is 5.60 Å². The predicted molar refractivity (Wildman–Crippen MR) is 197 cm³/mol. The summed E-state index contributed by atoms with van der Waals surface area (Å²) in [6.07, 6.45) is 3.44. The number of fused-ring (bicyclic) bond motifs is 2. The van der Waals surface area contributed by atoms with Crippen molar-refractivity contribution in [1.82, 2.24) is 0 Å². The average Bonchev–Trinajstić information content (AvgIpc) is 2.94. The molecule has 0 saturated heterocycles. The molecule has 0 spiro atoms. The van der Waals surface area contributed by atoms with Crippen LogP contribution in [0.15, 0.2) is 16.3 Å². The number of esters is 1. The monoisotopic (exact) mass is 644 g/mol. The molecule has 2 aromatic rings. The minimum atomic E-state index is -0.924. The van der Waals surface area contributed by atoms with Crippen LogP contribution in [0.4, 0.5) is 0 Å². The van der Waals surface area contributed by atoms with Crippen LogP contribution in [0.1, 0.15) is 137 Å². The van der Waals surface area contributed by atoms with Gasteiger partial charge in [-0.3, -0.25) is 14.4 Å². The Balaban J connectivity index is 0.00000368. The van der Waals surface area contributed by atoms with Gasteiger partial charge in [-0.25, -0.2) is 5.53 Å². The van der Waals surface area contributed by atoms with Crippen molar-refractivity contribution in [2.24, 2.45) is 5.11 Å². The van der Waals surface area contributed by atoms with E-state index >= 15 is 0 Å². The number of ether oxygens (including phenoxy) is 1. The number of hydrogen-bond acceptors (Lipinski definition) is 6. The third-order valence-electron chi connectivity index (χ3n) is 10.5. The largest absolute Gasteiger partial charge is 0.455 e. The van der Waals surface area contributed by atoms with Crippen molar-refractivity contribution in [3.8, 4) is 0 Å². The molecule has 0 amide bonds. The van der Waals surface area contributed by atoms with Crippen LogP contribution in [-0.4, -0.2) is 29.2 Å². The van der Waals surface area contributed by atoms with E-state index in [1.54, 1.807) is 0 Å². The van der Waals surface area contributed by atoms with Crippen molar-refractivity contribution in [3.63, 3.8) is 0 Å². The number of benzene rings is 2. The van der Waals surface area contributed by atoms with Gasteiger partial charge in [0.05, 0.1) is 6.04 Å². The molecule has 1 atom stereocenters. The van der Waals surface area contributed by atoms with Gasteiger partial charge in [-0.15, -0.1) is 0 Å². The molecule has 1 N–H and O–H groups in total. The molecule has 0 bridgehead atoms. The lowest BCUT2D eigenvalue weighted by atomic mass is 9.72. The highest BCUT2D eigenvalue weighted by molar-refractivity contribution is 6.09. The lowest BCUT2D eigenvalue weighted by Crippen LogP contribution is -2.34. The second-order valence-electron chi connectivity index (χ2n) is 13.4. The van der Waals surface area contributed by atoms with Gasteiger partial charge in [0.15, 0.2) is 11.6 Å². The lowest BCUT2D eigenvalue weighted by molar-refractivity contribution is -0.149. The standard InChI is InChI=1S/C38H48N2O4.3CH4/c1-18-20(3)35-30(16-32(42)24(7)34(35)26(9)40-39)22(5)28(18)14-13-15-29-19(2)21(4)36-31(23(29)6)17-33(43)25(8)37(36)38(11,12)44-27(10)41;;;/h26,39H,13-17H2,1-12H3;3*1H4. The summed E-state index contributed by atoms with van der Waals surface area (Å²) in [5, 5.41) is 3.79. The molecule has 2 aliphatic carbocycles. The Labute approximate surface area is 285 Å². The number of carbonyl (C=O) groups is 3. The van der Waals surface area contributed by atoms with Gasteiger partial charge in [0.2, 0.25) is 0 Å². The van der Waals surface area contributed by atoms with Gasteiger partial charge in [-0.1, -0.05) is 22.3 Å². The number of ketones is 2. The molecule has 0 aromatic heterocycles. The third kappa shape index (κ3) is 6.98. The number of hydrogen-bond donors (Lipinski definition) is 1. The smallest absolute Gasteiger partial charge is 0.303 e. The van der Waals surface area contributed by atoms with E-state index in [1.807, 2.05) is 34.6 Å². The maximum Gasteiger partial charge on any atom is 0.303 e. The normalized spacial score (nSPS) is 14.8. The zero-order valence-electron chi connectivity index (χ0n) is 28.7. The van der Waals surface area contributed by atoms with Crippen LogP contribution in [0.3, 0.4) is 0 Å². The van der Waals surface area contributed by atoms with Crippen molar-refractivity contribution < 1.29 is 19.1 Å². The average molecular weight is 645 g/mol. The van der Waals surface area contributed by atoms with Crippen LogP contribution < -0.4 is 0 Å². The van der Waals surface area contributed by atoms with E-state index in [0.29, 0.717) is 18.4 Å². The van der Waals surface area contributed by atoms with Gasteiger partial charge in [-0.2, -0.15) is 5.11 Å². The van der Waals surface area contributed by atoms with E-state index in [-0.39, 0.29) is 45.9 Å². The molecular formula is C41H60N2O4. The molecule has 0 fully saturated rings. The predicted octanol–water partition coefficient (Wildman–Crippen LogP) is 10.2. The van der Waals surface area contributed by atoms with E-state index in [1.165, 1.54) is 40.3 Å². The first-order valence-electron chi connectivity index (χ1n) is 15.7. The van der Waals surface area contributed by atoms with Crippen molar-refractivity contribution in [2.45, 2.75) is 149 Å². The molecule has 47 heavy (non-hydrogen) atoms. The lowest BCUT2D eigenvalue weighted by Gasteiger charge is -2.36. The van der Waals surface area contributed by atoms with E-state index in [0.717, 1.165) is 69.4 Å². The molecule has 1 unspecified atom stereocenters. The number of Topliss-reactive ketones (excluding diaryl/α,β-unsaturated/α-hetero) is 2. The van der Waals surface area contributed by atoms with Crippen LogP contribution in [0, 0.1) is 47.1 Å². The van der Waals surface area contributed by atoms with Crippen molar-refractivity contribution in [3.05, 3.63) is 77.9 Å². The fourth-order valence-corrected chi connectivity index (χ4v) is 7.92. The van der Waals surface area contributed by atoms with Crippen molar-refractivity contribution >= 4 is 28.7 Å². The molecule has 258 valence electrons. The summed E-state index contributed by atoms with van der Waals surface area (Å²) >= 11 is 0. The summed E-state index contributed by atoms with van der Waals surface area (Å²) in [5.41, 5.74) is 23.9. The minimum Gasteiger partial charge on any atom is -0.455 e. The summed E-state index contributed by atoms with van der Waals surface area (Å²) in [5.74, 6) is -0.175. The van der Waals surface area contributed by atoms with Gasteiger partial charge >= 0.3 is 5.97 Å². The first kappa shape index (κ1) is 41.4. The molecule has 0 saturated carbocycles. The summed E-state index contributed by atoms with van der Waals surface area (Å²) in [6.45, 7) is 23.6. The highest BCUT2D eigenvalue weighted by Crippen LogP contribution is 2.44. The molecule has 6 nitrogen and oxygen atoms in total. The summed E-state index contributed by atoms with van der Waals surface area (Å²) in [4.78, 5) is 38.3. The number of allylic oxidation sites excluding steroid dienone is 2. The van der Waals surface area contributed by atoms with E-state index in [4.69, 9.17) is 10.3 Å². The highest BCUT2D eigenvalue weighted by atomic mass is 16.6. The zero-order valence-corrected chi connectivity index (χ0v) is 28.7. The zero-order chi connectivity index (χ0) is 33.0.